The van der Waals surface area contributed by atoms with Gasteiger partial charge in [0.2, 0.25) is 0 Å². The van der Waals surface area contributed by atoms with Gasteiger partial charge in [0.1, 0.15) is 5.01 Å². The number of fused-ring (bicyclic) bond motifs is 1. The Labute approximate surface area is 246 Å². The highest BCUT2D eigenvalue weighted by atomic mass is 32.1. The Balaban J connectivity index is 1.24. The number of aliphatic hydroxyl groups excluding tert-OH is 3. The average Bonchev–Trinajstić information content (AvgIpc) is 3.46. The largest absolute Gasteiger partial charge is 0.393 e. The van der Waals surface area contributed by atoms with Crippen LogP contribution in [0.4, 0.5) is 0 Å². The number of thiazole rings is 1. The van der Waals surface area contributed by atoms with Crippen LogP contribution in [0.1, 0.15) is 108 Å². The van der Waals surface area contributed by atoms with E-state index in [9.17, 15) is 15.3 Å². The molecule has 5 heteroatoms. The zero-order valence-corrected chi connectivity index (χ0v) is 25.8. The number of rotatable bonds is 10. The Hall–Kier alpha value is -1.53. The summed E-state index contributed by atoms with van der Waals surface area (Å²) in [6.45, 7) is 11.2. The molecule has 220 valence electrons. The monoisotopic (exact) mass is 565 g/mol. The number of nitrogens with zero attached hydrogens (tertiary/aromatic N) is 1. The Morgan fingerprint density at radius 2 is 1.95 bits per heavy atom. The molecule has 1 aromatic heterocycles. The maximum absolute atomic E-state index is 11.3. The fourth-order valence-corrected chi connectivity index (χ4v) is 9.41. The van der Waals surface area contributed by atoms with Crippen molar-refractivity contribution in [3.63, 3.8) is 0 Å². The van der Waals surface area contributed by atoms with Gasteiger partial charge in [-0.25, -0.2) is 4.98 Å². The maximum Gasteiger partial charge on any atom is 0.102 e. The first-order valence-electron chi connectivity index (χ1n) is 15.9. The minimum Gasteiger partial charge on any atom is -0.393 e. The van der Waals surface area contributed by atoms with Crippen molar-refractivity contribution in [1.82, 2.24) is 4.98 Å². The number of unbranched alkanes of at least 4 members (excludes halogenated alkanes) is 2. The van der Waals surface area contributed by atoms with Gasteiger partial charge in [-0.2, -0.15) is 0 Å². The summed E-state index contributed by atoms with van der Waals surface area (Å²) in [7, 11) is 0. The lowest BCUT2D eigenvalue weighted by atomic mass is 9.61. The third kappa shape index (κ3) is 6.00. The van der Waals surface area contributed by atoms with Gasteiger partial charge in [0.05, 0.1) is 23.7 Å². The van der Waals surface area contributed by atoms with E-state index < -0.39 is 18.3 Å². The molecule has 5 rings (SSSR count). The summed E-state index contributed by atoms with van der Waals surface area (Å²) in [6, 6.07) is 0. The molecule has 4 nitrogen and oxygen atoms in total. The molecule has 3 N–H and O–H groups in total. The van der Waals surface area contributed by atoms with Crippen LogP contribution in [0.2, 0.25) is 0 Å². The van der Waals surface area contributed by atoms with Gasteiger partial charge in [0, 0.05) is 17.5 Å². The lowest BCUT2D eigenvalue weighted by molar-refractivity contribution is 0.0862. The lowest BCUT2D eigenvalue weighted by Crippen LogP contribution is -2.35. The summed E-state index contributed by atoms with van der Waals surface area (Å²) >= 11 is 1.82. The van der Waals surface area contributed by atoms with Crippen LogP contribution in [-0.2, 0) is 11.8 Å². The second-order valence-corrected chi connectivity index (χ2v) is 14.7. The molecule has 7 atom stereocenters. The van der Waals surface area contributed by atoms with Gasteiger partial charge in [-0.1, -0.05) is 70.1 Å². The van der Waals surface area contributed by atoms with E-state index in [4.69, 9.17) is 4.98 Å². The third-order valence-electron chi connectivity index (χ3n) is 10.9. The minimum absolute atomic E-state index is 0.162. The van der Waals surface area contributed by atoms with Gasteiger partial charge in [-0.05, 0) is 98.5 Å². The van der Waals surface area contributed by atoms with Gasteiger partial charge in [0.15, 0.2) is 0 Å². The van der Waals surface area contributed by atoms with Crippen LogP contribution in [0.15, 0.2) is 53.8 Å². The molecule has 4 saturated carbocycles. The average molecular weight is 566 g/mol. The zero-order valence-electron chi connectivity index (χ0n) is 24.9. The van der Waals surface area contributed by atoms with Crippen LogP contribution in [-0.4, -0.2) is 38.6 Å². The molecule has 0 amide bonds. The van der Waals surface area contributed by atoms with Crippen LogP contribution >= 0.6 is 11.3 Å². The summed E-state index contributed by atoms with van der Waals surface area (Å²) in [5.74, 6) is 1.60. The topological polar surface area (TPSA) is 73.6 Å². The van der Waals surface area contributed by atoms with Crippen LogP contribution in [0.3, 0.4) is 0 Å². The molecule has 4 aliphatic rings. The van der Waals surface area contributed by atoms with Crippen molar-refractivity contribution in [2.75, 3.05) is 0 Å². The van der Waals surface area contributed by atoms with Crippen molar-refractivity contribution in [1.29, 1.82) is 0 Å². The van der Waals surface area contributed by atoms with Gasteiger partial charge in [0.25, 0.3) is 0 Å². The second kappa shape index (κ2) is 12.4. The summed E-state index contributed by atoms with van der Waals surface area (Å²) < 4.78 is 0. The maximum atomic E-state index is 11.3. The quantitative estimate of drug-likeness (QED) is 0.202. The van der Waals surface area contributed by atoms with Crippen LogP contribution in [0.25, 0.3) is 0 Å². The second-order valence-electron chi connectivity index (χ2n) is 13.6. The van der Waals surface area contributed by atoms with E-state index in [0.29, 0.717) is 30.6 Å². The Morgan fingerprint density at radius 1 is 1.15 bits per heavy atom. The first kappa shape index (κ1) is 29.9. The number of hydrogen-bond acceptors (Lipinski definition) is 5. The van der Waals surface area contributed by atoms with E-state index in [1.54, 1.807) is 0 Å². The van der Waals surface area contributed by atoms with Crippen molar-refractivity contribution in [2.24, 2.45) is 23.2 Å². The fourth-order valence-electron chi connectivity index (χ4n) is 8.18. The molecule has 0 bridgehead atoms. The molecule has 0 aliphatic heterocycles. The Bertz CT molecular complexity index is 1140. The van der Waals surface area contributed by atoms with Gasteiger partial charge in [-0.15, -0.1) is 11.3 Å². The SMILES string of the molecule is C=C1C(=CC=C2CCC[C@]3(C)[C@@H]([C@H](C)C=C[C@@H](O)C4(c5ncc(CCCCC)s5)CC4)CC[C@@H]23)C[C@@H](O)C[C@@H]1O. The van der Waals surface area contributed by atoms with Gasteiger partial charge >= 0.3 is 0 Å². The predicted molar refractivity (Wildman–Crippen MR) is 165 cm³/mol. The molecule has 0 unspecified atom stereocenters. The van der Waals surface area contributed by atoms with Crippen molar-refractivity contribution < 1.29 is 15.3 Å². The number of allylic oxidation sites excluding steroid dienone is 4. The molecule has 0 spiro atoms. The molecule has 0 saturated heterocycles. The molecule has 4 fully saturated rings. The van der Waals surface area contributed by atoms with E-state index in [1.165, 1.54) is 55.4 Å². The lowest BCUT2D eigenvalue weighted by Gasteiger charge is -2.44. The van der Waals surface area contributed by atoms with Gasteiger partial charge < -0.3 is 15.3 Å². The van der Waals surface area contributed by atoms with E-state index in [-0.39, 0.29) is 10.8 Å². The molecule has 1 aromatic rings. The summed E-state index contributed by atoms with van der Waals surface area (Å²) in [6.07, 6.45) is 23.2. The van der Waals surface area contributed by atoms with Crippen molar-refractivity contribution >= 4 is 11.3 Å². The highest BCUT2D eigenvalue weighted by Gasteiger charge is 2.53. The molecule has 4 aliphatic carbocycles. The molecule has 0 radical (unpaired) electrons. The molecule has 1 heterocycles. The third-order valence-corrected chi connectivity index (χ3v) is 12.2. The predicted octanol–water partition coefficient (Wildman–Crippen LogP) is 7.60. The Kier molecular flexibility index (Phi) is 9.26. The van der Waals surface area contributed by atoms with Crippen LogP contribution < -0.4 is 0 Å². The molecular weight excluding hydrogens is 514 g/mol. The summed E-state index contributed by atoms with van der Waals surface area (Å²) in [5.41, 5.74) is 3.39. The molecular formula is C35H51NO3S. The van der Waals surface area contributed by atoms with Crippen LogP contribution in [0.5, 0.6) is 0 Å². The molecule has 0 aromatic carbocycles. The highest BCUT2D eigenvalue weighted by molar-refractivity contribution is 7.11. The number of aliphatic hydroxyl groups is 3. The zero-order chi connectivity index (χ0) is 28.5. The molecule has 40 heavy (non-hydrogen) atoms. The number of hydrogen-bond donors (Lipinski definition) is 3. The number of aryl methyl sites for hydroxylation is 1. The summed E-state index contributed by atoms with van der Waals surface area (Å²) in [5, 5.41) is 32.8. The van der Waals surface area contributed by atoms with E-state index >= 15 is 0 Å². The van der Waals surface area contributed by atoms with E-state index in [2.05, 4.69) is 51.7 Å². The summed E-state index contributed by atoms with van der Waals surface area (Å²) in [4.78, 5) is 6.13. The van der Waals surface area contributed by atoms with Crippen LogP contribution in [0, 0.1) is 23.2 Å². The number of aromatic nitrogens is 1. The minimum atomic E-state index is -0.637. The smallest absolute Gasteiger partial charge is 0.102 e. The standard InChI is InChI=1S/C35H51NO3S/c1-5-6-7-10-28-22-36-33(40-28)35(18-19-35)32(39)16-11-23(2)29-14-15-30-25(9-8-17-34(29,30)4)12-13-26-20-27(37)21-31(38)24(26)3/h11-13,16,22-23,27,29-32,37-39H,3,5-10,14-15,17-21H2,1-2,4H3/t23-,27-,29-,30+,31+,32-,34-/m1/s1. The normalized spacial score (nSPS) is 35.4. The van der Waals surface area contributed by atoms with Crippen molar-refractivity contribution in [3.8, 4) is 0 Å². The Morgan fingerprint density at radius 3 is 2.70 bits per heavy atom. The van der Waals surface area contributed by atoms with Crippen molar-refractivity contribution in [3.05, 3.63) is 63.7 Å². The highest BCUT2D eigenvalue weighted by Crippen LogP contribution is 2.60. The van der Waals surface area contributed by atoms with E-state index in [0.717, 1.165) is 41.8 Å². The van der Waals surface area contributed by atoms with E-state index in [1.807, 2.05) is 17.5 Å². The first-order chi connectivity index (χ1) is 19.2. The van der Waals surface area contributed by atoms with Crippen molar-refractivity contribution in [2.45, 2.75) is 128 Å². The first-order valence-corrected chi connectivity index (χ1v) is 16.8. The van der Waals surface area contributed by atoms with Gasteiger partial charge in [-0.3, -0.25) is 0 Å². The fraction of sp³-hybridized carbons (Fsp3) is 0.686.